The number of rotatable bonds is 26. The molecular formula is C55H94N10O15. The summed E-state index contributed by atoms with van der Waals surface area (Å²) in [5, 5.41) is 105. The molecule has 0 radical (unpaired) electrons. The summed E-state index contributed by atoms with van der Waals surface area (Å²) in [5.41, 5.74) is 11.4. The monoisotopic (exact) mass is 1130 g/mol. The lowest BCUT2D eigenvalue weighted by Gasteiger charge is -2.35. The number of hydrogen-bond acceptors (Lipinski definition) is 18. The van der Waals surface area contributed by atoms with Crippen LogP contribution in [0.2, 0.25) is 0 Å². The summed E-state index contributed by atoms with van der Waals surface area (Å²) in [6, 6.07) is -6.33. The van der Waals surface area contributed by atoms with Gasteiger partial charge in [0.2, 0.25) is 41.4 Å². The van der Waals surface area contributed by atoms with Gasteiger partial charge in [0, 0.05) is 32.4 Å². The molecule has 18 N–H and O–H groups in total. The van der Waals surface area contributed by atoms with Gasteiger partial charge >= 0.3 is 0 Å². The molecule has 3 saturated heterocycles. The Labute approximate surface area is 469 Å². The third kappa shape index (κ3) is 20.1. The van der Waals surface area contributed by atoms with E-state index in [9.17, 15) is 74.4 Å². The molecule has 3 fully saturated rings. The molecule has 0 spiro atoms. The molecule has 16 atom stereocenters. The Morgan fingerprint density at radius 2 is 1.31 bits per heavy atom. The topological polar surface area (TPSA) is 412 Å². The third-order valence-corrected chi connectivity index (χ3v) is 15.6. The molecule has 8 unspecified atom stereocenters. The number of hydrogen-bond donors (Lipinski definition) is 16. The minimum atomic E-state index is -2.28. The number of phenolic OH excluding ortho intramolecular Hbond substituents is 1. The van der Waals surface area contributed by atoms with E-state index in [1.807, 2.05) is 0 Å². The van der Waals surface area contributed by atoms with Crippen LogP contribution in [0.15, 0.2) is 24.3 Å². The van der Waals surface area contributed by atoms with E-state index in [0.717, 1.165) is 54.7 Å². The third-order valence-electron chi connectivity index (χ3n) is 15.6. The number of unbranched alkanes of at least 4 members (excludes halogenated alkanes) is 7. The summed E-state index contributed by atoms with van der Waals surface area (Å²) in [4.78, 5) is 103. The fraction of sp³-hybridized carbons (Fsp3) is 0.764. The number of phenols is 1. The van der Waals surface area contributed by atoms with Gasteiger partial charge in [-0.25, -0.2) is 0 Å². The van der Waals surface area contributed by atoms with E-state index in [-0.39, 0.29) is 50.2 Å². The molecule has 25 nitrogen and oxygen atoms in total. The molecule has 3 aliphatic heterocycles. The van der Waals surface area contributed by atoms with E-state index in [1.165, 1.54) is 37.6 Å². The summed E-state index contributed by atoms with van der Waals surface area (Å²) < 4.78 is 0. The molecule has 3 heterocycles. The second kappa shape index (κ2) is 33.7. The molecule has 1 aromatic rings. The zero-order valence-corrected chi connectivity index (χ0v) is 47.1. The van der Waals surface area contributed by atoms with Crippen LogP contribution < -0.4 is 43.4 Å². The number of fused-ring (bicyclic) bond motifs is 2. The highest BCUT2D eigenvalue weighted by molar-refractivity contribution is 5.98. The maximum Gasteiger partial charge on any atom is 0.248 e. The number of amides is 7. The van der Waals surface area contributed by atoms with Crippen LogP contribution in [0.25, 0.3) is 0 Å². The predicted molar refractivity (Wildman–Crippen MR) is 294 cm³/mol. The van der Waals surface area contributed by atoms with Gasteiger partial charge in [-0.3, -0.25) is 38.9 Å². The summed E-state index contributed by atoms with van der Waals surface area (Å²) >= 11 is 0. The average Bonchev–Trinajstić information content (AvgIpc) is 4.12. The van der Waals surface area contributed by atoms with Gasteiger partial charge in [0.25, 0.3) is 0 Å². The lowest BCUT2D eigenvalue weighted by atomic mass is 9.91. The summed E-state index contributed by atoms with van der Waals surface area (Å²) in [7, 11) is 0. The van der Waals surface area contributed by atoms with Gasteiger partial charge < -0.3 is 88.7 Å². The van der Waals surface area contributed by atoms with E-state index in [2.05, 4.69) is 52.7 Å². The quantitative estimate of drug-likeness (QED) is 0.0440. The lowest BCUT2D eigenvalue weighted by molar-refractivity contribution is -0.148. The normalized spacial score (nSPS) is 28.0. The van der Waals surface area contributed by atoms with E-state index < -0.39 is 146 Å². The molecule has 1 aromatic carbocycles. The van der Waals surface area contributed by atoms with E-state index in [4.69, 9.17) is 11.5 Å². The number of aliphatic hydroxyl groups is 7. The van der Waals surface area contributed by atoms with Crippen molar-refractivity contribution in [3.8, 4) is 5.75 Å². The first-order valence-electron chi connectivity index (χ1n) is 28.8. The van der Waals surface area contributed by atoms with Crippen LogP contribution >= 0.6 is 0 Å². The SMILES string of the molecule is CCC(C)CC(C)CCCCCCCCC(=O)N[C@H]1C[C@@H](O)C(NCCCCCN)NC(=O)C2[C@@H](O)CCN2C(=O)C([C@H](O)CCN)NC(=O)C([C@H](O)[C@@H](O)c2ccc(O)cc2)NC(=O)C2C[C@@H](O)CN2C(=O)C([C@@H](C)O)NC1=O. The van der Waals surface area contributed by atoms with Crippen LogP contribution in [0.4, 0.5) is 0 Å². The van der Waals surface area contributed by atoms with Crippen molar-refractivity contribution in [3.63, 3.8) is 0 Å². The van der Waals surface area contributed by atoms with Crippen molar-refractivity contribution in [3.05, 3.63) is 29.8 Å². The molecule has 0 aromatic heterocycles. The van der Waals surface area contributed by atoms with Crippen molar-refractivity contribution in [1.29, 1.82) is 0 Å². The highest BCUT2D eigenvalue weighted by Crippen LogP contribution is 2.27. The Morgan fingerprint density at radius 1 is 0.688 bits per heavy atom. The Morgan fingerprint density at radius 3 is 1.96 bits per heavy atom. The Balaban J connectivity index is 1.75. The Hall–Kier alpha value is -5.09. The first kappa shape index (κ1) is 67.4. The molecular weight excluding hydrogens is 1040 g/mol. The molecule has 4 rings (SSSR count). The van der Waals surface area contributed by atoms with Crippen LogP contribution in [0, 0.1) is 11.8 Å². The summed E-state index contributed by atoms with van der Waals surface area (Å²) in [6.45, 7) is 7.41. The first-order chi connectivity index (χ1) is 38.0. The van der Waals surface area contributed by atoms with Gasteiger partial charge in [-0.15, -0.1) is 0 Å². The second-order valence-corrected chi connectivity index (χ2v) is 22.3. The van der Waals surface area contributed by atoms with Crippen molar-refractivity contribution >= 4 is 41.4 Å². The van der Waals surface area contributed by atoms with Gasteiger partial charge in [-0.05, 0) is 94.6 Å². The maximum absolute atomic E-state index is 14.7. The fourth-order valence-electron chi connectivity index (χ4n) is 10.7. The maximum atomic E-state index is 14.7. The van der Waals surface area contributed by atoms with Crippen molar-refractivity contribution in [2.75, 3.05) is 32.7 Å². The standard InChI is InChI=1S/C55H94N10O15/c1-5-31(2)27-32(3)15-11-8-6-7-9-12-16-42(72)59-37-29-41(71)49(58-25-14-10-13-23-56)63-53(78)46-40(70)22-26-64(46)55(80)44(39(69)21-24-57)61-52(77)45(48(74)47(73)34-17-19-35(67)20-18-34)62-51(76)38-28-36(68)30-65(38)54(79)43(33(4)66)60-50(37)75/h17-20,31-33,36-41,43-49,58,66-71,73-74H,5-16,21-30,56-57H2,1-4H3,(H,59,72)(H,60,75)(H,61,77)(H,62,76)(H,63,78)/t31?,32?,33-,36-,37+,38?,39-,40+,41-,43?,44?,45?,46?,47+,48+,49?/m1/s1. The molecule has 0 saturated carbocycles. The number of aliphatic hydroxyl groups excluding tert-OH is 7. The number of nitrogens with one attached hydrogen (secondary N) is 6. The van der Waals surface area contributed by atoms with Crippen LogP contribution in [0.3, 0.4) is 0 Å². The van der Waals surface area contributed by atoms with Gasteiger partial charge in [0.15, 0.2) is 0 Å². The number of aromatic hydroxyl groups is 1. The minimum absolute atomic E-state index is 0.0178. The number of nitrogens with two attached hydrogens (primary N) is 2. The molecule has 80 heavy (non-hydrogen) atoms. The fourth-order valence-corrected chi connectivity index (χ4v) is 10.7. The molecule has 0 aliphatic carbocycles. The number of benzene rings is 1. The molecule has 454 valence electrons. The van der Waals surface area contributed by atoms with Crippen LogP contribution in [0.5, 0.6) is 5.75 Å². The van der Waals surface area contributed by atoms with Crippen molar-refractivity contribution < 1.29 is 74.4 Å². The molecule has 7 amide bonds. The predicted octanol–water partition coefficient (Wildman–Crippen LogP) is -2.14. The van der Waals surface area contributed by atoms with Gasteiger partial charge in [-0.1, -0.05) is 84.3 Å². The summed E-state index contributed by atoms with van der Waals surface area (Å²) in [5.74, 6) is -6.33. The molecule has 25 heteroatoms. The van der Waals surface area contributed by atoms with Crippen LogP contribution in [-0.4, -0.2) is 204 Å². The highest BCUT2D eigenvalue weighted by atomic mass is 16.3. The van der Waals surface area contributed by atoms with E-state index in [0.29, 0.717) is 44.1 Å². The second-order valence-electron chi connectivity index (χ2n) is 22.3. The number of nitrogens with zero attached hydrogens (tertiary/aromatic N) is 2. The number of carbonyl (C=O) groups excluding carboxylic acids is 7. The van der Waals surface area contributed by atoms with Crippen molar-refractivity contribution in [1.82, 2.24) is 41.7 Å². The Bertz CT molecular complexity index is 2130. The number of carbonyl (C=O) groups is 7. The highest BCUT2D eigenvalue weighted by Gasteiger charge is 2.49. The minimum Gasteiger partial charge on any atom is -0.508 e. The average molecular weight is 1140 g/mol. The zero-order chi connectivity index (χ0) is 59.2. The lowest BCUT2D eigenvalue weighted by Crippen LogP contribution is -2.65. The smallest absolute Gasteiger partial charge is 0.248 e. The largest absolute Gasteiger partial charge is 0.508 e. The Kier molecular flexibility index (Phi) is 28.4. The van der Waals surface area contributed by atoms with Gasteiger partial charge in [-0.2, -0.15) is 0 Å². The van der Waals surface area contributed by atoms with E-state index >= 15 is 0 Å². The molecule has 0 bridgehead atoms. The van der Waals surface area contributed by atoms with E-state index in [1.54, 1.807) is 0 Å². The van der Waals surface area contributed by atoms with Crippen molar-refractivity contribution in [2.45, 2.75) is 222 Å². The van der Waals surface area contributed by atoms with Gasteiger partial charge in [0.05, 0.1) is 30.5 Å². The van der Waals surface area contributed by atoms with Gasteiger partial charge in [0.1, 0.15) is 60.4 Å². The first-order valence-corrected chi connectivity index (χ1v) is 28.8. The van der Waals surface area contributed by atoms with Crippen LogP contribution in [-0.2, 0) is 33.6 Å². The van der Waals surface area contributed by atoms with Crippen molar-refractivity contribution in [2.24, 2.45) is 23.3 Å². The van der Waals surface area contributed by atoms with Crippen LogP contribution in [0.1, 0.15) is 149 Å². The summed E-state index contributed by atoms with van der Waals surface area (Å²) in [6.07, 6.45) is -4.98. The zero-order valence-electron chi connectivity index (χ0n) is 47.1. The molecule has 3 aliphatic rings.